The highest BCUT2D eigenvalue weighted by Crippen LogP contribution is 2.15. The molecule has 23 heavy (non-hydrogen) atoms. The molecule has 0 aromatic carbocycles. The highest BCUT2D eigenvalue weighted by atomic mass is 16.6. The van der Waals surface area contributed by atoms with Crippen molar-refractivity contribution < 1.29 is 29.0 Å². The van der Waals surface area contributed by atoms with E-state index in [2.05, 4.69) is 6.92 Å². The van der Waals surface area contributed by atoms with Crippen LogP contribution in [0.15, 0.2) is 0 Å². The molecule has 2 unspecified atom stereocenters. The molecular formula is C17H33NO5. The van der Waals surface area contributed by atoms with Crippen molar-refractivity contribution >= 4 is 11.9 Å². The molecule has 0 saturated carbocycles. The molecule has 0 heterocycles. The second kappa shape index (κ2) is 11.4. The van der Waals surface area contributed by atoms with Crippen LogP contribution >= 0.6 is 0 Å². The Kier molecular flexibility index (Phi) is 10.8. The lowest BCUT2D eigenvalue weighted by Gasteiger charge is -2.33. The number of carbonyl (C=O) groups excluding carboxylic acids is 2. The fraction of sp³-hybridized carbons (Fsp3) is 0.882. The molecule has 2 atom stereocenters. The first kappa shape index (κ1) is 21.9. The first-order chi connectivity index (χ1) is 10.7. The lowest BCUT2D eigenvalue weighted by atomic mass is 10.1. The average molecular weight is 331 g/mol. The highest BCUT2D eigenvalue weighted by Gasteiger charge is 2.28. The van der Waals surface area contributed by atoms with Crippen molar-refractivity contribution in [1.82, 2.24) is 0 Å². The number of esters is 1. The number of ether oxygens (including phenoxy) is 1. The number of rotatable bonds is 13. The van der Waals surface area contributed by atoms with Gasteiger partial charge in [-0.1, -0.05) is 39.0 Å². The van der Waals surface area contributed by atoms with E-state index in [1.165, 1.54) is 12.8 Å². The van der Waals surface area contributed by atoms with Gasteiger partial charge in [0, 0.05) is 12.4 Å². The highest BCUT2D eigenvalue weighted by molar-refractivity contribution is 5.70. The molecule has 136 valence electrons. The summed E-state index contributed by atoms with van der Waals surface area (Å²) in [7, 11) is 5.49. The van der Waals surface area contributed by atoms with Crippen LogP contribution in [0.5, 0.6) is 0 Å². The molecule has 0 radical (unpaired) electrons. The van der Waals surface area contributed by atoms with Crippen LogP contribution in [-0.2, 0) is 14.3 Å². The van der Waals surface area contributed by atoms with Gasteiger partial charge in [0.25, 0.3) is 0 Å². The van der Waals surface area contributed by atoms with E-state index in [-0.39, 0.29) is 19.3 Å². The molecule has 6 heteroatoms. The Labute approximate surface area is 140 Å². The lowest BCUT2D eigenvalue weighted by molar-refractivity contribution is -0.917. The van der Waals surface area contributed by atoms with Crippen LogP contribution in [0, 0.1) is 0 Å². The molecule has 0 aliphatic carbocycles. The minimum Gasteiger partial charge on any atom is -0.550 e. The zero-order chi connectivity index (χ0) is 17.9. The number of quaternary nitrogens is 1. The third-order valence-corrected chi connectivity index (χ3v) is 3.77. The van der Waals surface area contributed by atoms with E-state index in [1.807, 2.05) is 21.1 Å². The van der Waals surface area contributed by atoms with Crippen molar-refractivity contribution in [2.24, 2.45) is 0 Å². The van der Waals surface area contributed by atoms with Gasteiger partial charge in [0.05, 0.1) is 33.7 Å². The number of hydrogen-bond donors (Lipinski definition) is 1. The molecule has 0 rings (SSSR count). The smallest absolute Gasteiger partial charge is 0.312 e. The van der Waals surface area contributed by atoms with Crippen LogP contribution in [0.3, 0.4) is 0 Å². The summed E-state index contributed by atoms with van der Waals surface area (Å²) in [5, 5.41) is 20.5. The lowest BCUT2D eigenvalue weighted by Crippen LogP contribution is -2.48. The van der Waals surface area contributed by atoms with Crippen LogP contribution in [0.25, 0.3) is 0 Å². The van der Waals surface area contributed by atoms with Gasteiger partial charge in [-0.25, -0.2) is 0 Å². The molecule has 0 aromatic heterocycles. The van der Waals surface area contributed by atoms with Crippen molar-refractivity contribution in [2.75, 3.05) is 21.1 Å². The van der Waals surface area contributed by atoms with E-state index in [0.29, 0.717) is 10.9 Å². The molecule has 0 aliphatic rings. The van der Waals surface area contributed by atoms with E-state index in [0.717, 1.165) is 19.3 Å². The van der Waals surface area contributed by atoms with Crippen molar-refractivity contribution in [2.45, 2.75) is 77.0 Å². The van der Waals surface area contributed by atoms with Gasteiger partial charge in [0.15, 0.2) is 0 Å². The van der Waals surface area contributed by atoms with E-state index in [4.69, 9.17) is 4.74 Å². The third kappa shape index (κ3) is 12.0. The van der Waals surface area contributed by atoms with Gasteiger partial charge >= 0.3 is 5.97 Å². The van der Waals surface area contributed by atoms with Gasteiger partial charge in [-0.3, -0.25) is 9.28 Å². The summed E-state index contributed by atoms with van der Waals surface area (Å²) in [5.74, 6) is -1.64. The summed E-state index contributed by atoms with van der Waals surface area (Å²) in [6.45, 7) is 2.15. The maximum Gasteiger partial charge on any atom is 0.312 e. The number of aliphatic carboxylic acids is 1. The zero-order valence-electron chi connectivity index (χ0n) is 15.0. The predicted octanol–water partition coefficient (Wildman–Crippen LogP) is 1.20. The molecular weight excluding hydrogens is 298 g/mol. The number of aliphatic hydroxyl groups is 1. The standard InChI is InChI=1S/C17H33NO5/c1-5-6-7-8-9-10-14(19)13-17(22)23-15(18(2,3)4)11-12-16(20)21/h14-15,19H,5-13H2,1-4H3. The Morgan fingerprint density at radius 1 is 1.09 bits per heavy atom. The normalized spacial score (nSPS) is 14.3. The van der Waals surface area contributed by atoms with Gasteiger partial charge in [0.2, 0.25) is 6.23 Å². The molecule has 6 nitrogen and oxygen atoms in total. The fourth-order valence-corrected chi connectivity index (χ4v) is 2.32. The molecule has 1 N–H and O–H groups in total. The molecule has 0 amide bonds. The van der Waals surface area contributed by atoms with E-state index in [1.54, 1.807) is 0 Å². The first-order valence-electron chi connectivity index (χ1n) is 8.55. The summed E-state index contributed by atoms with van der Waals surface area (Å²) >= 11 is 0. The van der Waals surface area contributed by atoms with E-state index >= 15 is 0 Å². The second-order valence-electron chi connectivity index (χ2n) is 7.03. The topological polar surface area (TPSA) is 86.7 Å². The number of unbranched alkanes of at least 4 members (excludes halogenated alkanes) is 4. The quantitative estimate of drug-likeness (QED) is 0.237. The Morgan fingerprint density at radius 2 is 1.70 bits per heavy atom. The molecule has 0 bridgehead atoms. The zero-order valence-corrected chi connectivity index (χ0v) is 15.0. The average Bonchev–Trinajstić information content (AvgIpc) is 2.41. The van der Waals surface area contributed by atoms with E-state index in [9.17, 15) is 19.8 Å². The minimum absolute atomic E-state index is 0.0460. The van der Waals surface area contributed by atoms with Crippen molar-refractivity contribution in [3.05, 3.63) is 0 Å². The molecule has 0 aromatic rings. The van der Waals surface area contributed by atoms with Gasteiger partial charge in [-0.15, -0.1) is 0 Å². The Bertz CT molecular complexity index is 351. The van der Waals surface area contributed by atoms with Crippen LogP contribution in [0.4, 0.5) is 0 Å². The van der Waals surface area contributed by atoms with Crippen molar-refractivity contribution in [3.8, 4) is 0 Å². The summed E-state index contributed by atoms with van der Waals surface area (Å²) in [6, 6.07) is 0. The maximum atomic E-state index is 11.9. The summed E-state index contributed by atoms with van der Waals surface area (Å²) in [6.07, 6.45) is 4.82. The summed E-state index contributed by atoms with van der Waals surface area (Å²) in [5.41, 5.74) is 0. The fourth-order valence-electron chi connectivity index (χ4n) is 2.32. The molecule has 0 saturated heterocycles. The summed E-state index contributed by atoms with van der Waals surface area (Å²) < 4.78 is 5.67. The Hall–Kier alpha value is -1.14. The van der Waals surface area contributed by atoms with Crippen molar-refractivity contribution in [1.29, 1.82) is 0 Å². The van der Waals surface area contributed by atoms with Crippen LogP contribution < -0.4 is 5.11 Å². The molecule has 0 fully saturated rings. The molecule has 0 aliphatic heterocycles. The second-order valence-corrected chi connectivity index (χ2v) is 7.03. The monoisotopic (exact) mass is 331 g/mol. The van der Waals surface area contributed by atoms with Gasteiger partial charge in [-0.2, -0.15) is 0 Å². The Morgan fingerprint density at radius 3 is 2.22 bits per heavy atom. The summed E-state index contributed by atoms with van der Waals surface area (Å²) in [4.78, 5) is 22.5. The van der Waals surface area contributed by atoms with Gasteiger partial charge < -0.3 is 19.7 Å². The van der Waals surface area contributed by atoms with Crippen LogP contribution in [-0.4, -0.2) is 55.0 Å². The number of nitrogens with zero attached hydrogens (tertiary/aromatic N) is 1. The third-order valence-electron chi connectivity index (χ3n) is 3.77. The number of carbonyl (C=O) groups is 2. The van der Waals surface area contributed by atoms with Gasteiger partial charge in [0.1, 0.15) is 0 Å². The van der Waals surface area contributed by atoms with Crippen LogP contribution in [0.2, 0.25) is 0 Å². The van der Waals surface area contributed by atoms with Gasteiger partial charge in [-0.05, 0) is 12.8 Å². The number of carboxylic acid groups (broad SMARTS) is 1. The Balaban J connectivity index is 4.17. The number of hydrogen-bond acceptors (Lipinski definition) is 5. The largest absolute Gasteiger partial charge is 0.550 e. The number of aliphatic hydroxyl groups excluding tert-OH is 1. The van der Waals surface area contributed by atoms with Crippen LogP contribution in [0.1, 0.15) is 64.7 Å². The van der Waals surface area contributed by atoms with E-state index < -0.39 is 24.3 Å². The first-order valence-corrected chi connectivity index (χ1v) is 8.55. The SMILES string of the molecule is CCCCCCCC(O)CC(=O)OC(CCC(=O)[O-])[N+](C)(C)C. The minimum atomic E-state index is -1.16. The van der Waals surface area contributed by atoms with Crippen molar-refractivity contribution in [3.63, 3.8) is 0 Å². The maximum absolute atomic E-state index is 11.9. The predicted molar refractivity (Wildman–Crippen MR) is 86.2 cm³/mol. The molecule has 0 spiro atoms. The number of carboxylic acids is 1.